The molecule has 0 saturated heterocycles. The van der Waals surface area contributed by atoms with Gasteiger partial charge in [0.25, 0.3) is 11.6 Å². The van der Waals surface area contributed by atoms with Crippen LogP contribution in [-0.4, -0.2) is 30.5 Å². The van der Waals surface area contributed by atoms with Gasteiger partial charge in [0.1, 0.15) is 24.7 Å². The van der Waals surface area contributed by atoms with E-state index in [1.807, 2.05) is 0 Å². The van der Waals surface area contributed by atoms with Crippen LogP contribution in [0.2, 0.25) is 0 Å². The molecule has 26 heavy (non-hydrogen) atoms. The molecule has 8 nitrogen and oxygen atoms in total. The Hall–Kier alpha value is -3.49. The van der Waals surface area contributed by atoms with Gasteiger partial charge in [-0.2, -0.15) is 0 Å². The Labute approximate surface area is 147 Å². The summed E-state index contributed by atoms with van der Waals surface area (Å²) in [6.07, 6.45) is 0. The minimum absolute atomic E-state index is 0.0677. The van der Waals surface area contributed by atoms with Crippen molar-refractivity contribution in [2.24, 2.45) is 0 Å². The van der Waals surface area contributed by atoms with Crippen LogP contribution in [0.25, 0.3) is 0 Å². The molecule has 0 aliphatic carbocycles. The quantitative estimate of drug-likeness (QED) is 0.460. The number of carbonyl (C=O) groups excluding carboxylic acids is 2. The number of non-ortho nitro benzene ring substituents is 1. The number of ether oxygens (including phenoxy) is 2. The summed E-state index contributed by atoms with van der Waals surface area (Å²) in [6.45, 7) is -0.702. The average molecular weight is 362 g/mol. The Morgan fingerprint density at radius 1 is 1.23 bits per heavy atom. The third kappa shape index (κ3) is 5.00. The lowest BCUT2D eigenvalue weighted by atomic mass is 10.2. The number of methoxy groups -OCH3 is 1. The number of rotatable bonds is 7. The first-order valence-electron chi connectivity index (χ1n) is 7.41. The summed E-state index contributed by atoms with van der Waals surface area (Å²) in [5.41, 5.74) is 0.209. The van der Waals surface area contributed by atoms with Crippen molar-refractivity contribution in [2.45, 2.75) is 6.61 Å². The van der Waals surface area contributed by atoms with Crippen LogP contribution >= 0.6 is 0 Å². The highest BCUT2D eigenvalue weighted by Crippen LogP contribution is 2.24. The number of benzene rings is 2. The van der Waals surface area contributed by atoms with Crippen LogP contribution in [-0.2, 0) is 16.1 Å². The number of nitro benzene ring substituents is 1. The molecule has 0 saturated carbocycles. The van der Waals surface area contributed by atoms with Gasteiger partial charge in [-0.05, 0) is 24.3 Å². The second kappa shape index (κ2) is 8.56. The number of nitrogens with one attached hydrogen (secondary N) is 1. The minimum Gasteiger partial charge on any atom is -0.496 e. The lowest BCUT2D eigenvalue weighted by Gasteiger charge is -2.10. The van der Waals surface area contributed by atoms with Crippen molar-refractivity contribution in [1.82, 2.24) is 5.32 Å². The molecule has 0 aromatic heterocycles. The monoisotopic (exact) mass is 362 g/mol. The molecule has 2 rings (SSSR count). The number of nitrogens with zero attached hydrogens (tertiary/aromatic N) is 1. The summed E-state index contributed by atoms with van der Waals surface area (Å²) in [7, 11) is 1.38. The van der Waals surface area contributed by atoms with E-state index in [0.717, 1.165) is 6.07 Å². The van der Waals surface area contributed by atoms with Gasteiger partial charge in [-0.25, -0.2) is 4.39 Å². The van der Waals surface area contributed by atoms with Gasteiger partial charge in [-0.15, -0.1) is 0 Å². The van der Waals surface area contributed by atoms with Crippen LogP contribution in [0, 0.1) is 15.9 Å². The fourth-order valence-electron chi connectivity index (χ4n) is 2.08. The first-order chi connectivity index (χ1) is 12.4. The maximum absolute atomic E-state index is 13.1. The van der Waals surface area contributed by atoms with Crippen molar-refractivity contribution in [1.29, 1.82) is 0 Å². The van der Waals surface area contributed by atoms with Crippen molar-refractivity contribution in [3.05, 3.63) is 69.5 Å². The highest BCUT2D eigenvalue weighted by atomic mass is 19.1. The third-order valence-electron chi connectivity index (χ3n) is 3.34. The van der Waals surface area contributed by atoms with Gasteiger partial charge in [0.15, 0.2) is 0 Å². The van der Waals surface area contributed by atoms with E-state index in [9.17, 15) is 24.1 Å². The van der Waals surface area contributed by atoms with Gasteiger partial charge in [-0.3, -0.25) is 19.7 Å². The minimum atomic E-state index is -0.761. The molecule has 0 atom stereocenters. The molecule has 0 bridgehead atoms. The van der Waals surface area contributed by atoms with Crippen molar-refractivity contribution >= 4 is 17.6 Å². The molecule has 0 unspecified atom stereocenters. The van der Waals surface area contributed by atoms with Gasteiger partial charge in [0, 0.05) is 23.3 Å². The number of hydrogen-bond donors (Lipinski definition) is 1. The van der Waals surface area contributed by atoms with Crippen LogP contribution < -0.4 is 10.1 Å². The SMILES string of the molecule is COc1ccc([N+](=O)[O-])cc1COC(=O)CNC(=O)c1cccc(F)c1. The lowest BCUT2D eigenvalue weighted by Crippen LogP contribution is -2.30. The Morgan fingerprint density at radius 2 is 2.00 bits per heavy atom. The van der Waals surface area contributed by atoms with Crippen LogP contribution in [0.1, 0.15) is 15.9 Å². The van der Waals surface area contributed by atoms with Gasteiger partial charge in [0.2, 0.25) is 0 Å². The number of esters is 1. The van der Waals surface area contributed by atoms with E-state index in [2.05, 4.69) is 5.32 Å². The molecule has 1 amide bonds. The van der Waals surface area contributed by atoms with Crippen LogP contribution in [0.3, 0.4) is 0 Å². The zero-order chi connectivity index (χ0) is 19.1. The summed E-state index contributed by atoms with van der Waals surface area (Å²) in [4.78, 5) is 33.8. The van der Waals surface area contributed by atoms with Crippen LogP contribution in [0.15, 0.2) is 42.5 Å². The van der Waals surface area contributed by atoms with Gasteiger partial charge in [-0.1, -0.05) is 6.07 Å². The molecular weight excluding hydrogens is 347 g/mol. The maximum atomic E-state index is 13.1. The summed E-state index contributed by atoms with van der Waals surface area (Å²) >= 11 is 0. The Bertz CT molecular complexity index is 840. The van der Waals surface area contributed by atoms with Crippen molar-refractivity contribution in [3.8, 4) is 5.75 Å². The lowest BCUT2D eigenvalue weighted by molar-refractivity contribution is -0.385. The maximum Gasteiger partial charge on any atom is 0.325 e. The van der Waals surface area contributed by atoms with E-state index < -0.39 is 29.2 Å². The molecule has 0 heterocycles. The zero-order valence-corrected chi connectivity index (χ0v) is 13.7. The molecule has 1 N–H and O–H groups in total. The molecule has 2 aromatic rings. The largest absolute Gasteiger partial charge is 0.496 e. The van der Waals surface area contributed by atoms with Crippen LogP contribution in [0.4, 0.5) is 10.1 Å². The standard InChI is InChI=1S/C17H15FN2O6/c1-25-15-6-5-14(20(23)24)8-12(15)10-26-16(21)9-19-17(22)11-3-2-4-13(18)7-11/h2-8H,9-10H2,1H3,(H,19,22). The van der Waals surface area contributed by atoms with E-state index in [4.69, 9.17) is 9.47 Å². The fraction of sp³-hybridized carbons (Fsp3) is 0.176. The smallest absolute Gasteiger partial charge is 0.325 e. The number of nitro groups is 1. The van der Waals surface area contributed by atoms with Crippen molar-refractivity contribution < 1.29 is 28.4 Å². The average Bonchev–Trinajstić information content (AvgIpc) is 2.64. The number of hydrogen-bond acceptors (Lipinski definition) is 6. The topological polar surface area (TPSA) is 108 Å². The second-order valence-electron chi connectivity index (χ2n) is 5.11. The predicted octanol–water partition coefficient (Wildman–Crippen LogP) is 2.22. The molecule has 0 fully saturated rings. The normalized spacial score (nSPS) is 10.1. The first kappa shape index (κ1) is 18.8. The number of carbonyl (C=O) groups is 2. The number of halogens is 1. The van der Waals surface area contributed by atoms with E-state index in [1.165, 1.54) is 43.5 Å². The molecule has 2 aromatic carbocycles. The molecule has 0 spiro atoms. The van der Waals surface area contributed by atoms with Gasteiger partial charge < -0.3 is 14.8 Å². The molecule has 0 aliphatic heterocycles. The molecule has 0 aliphatic rings. The van der Waals surface area contributed by atoms with E-state index in [1.54, 1.807) is 0 Å². The van der Waals surface area contributed by atoms with Crippen molar-refractivity contribution in [3.63, 3.8) is 0 Å². The summed E-state index contributed by atoms with van der Waals surface area (Å²) in [5, 5.41) is 13.1. The molecule has 9 heteroatoms. The van der Waals surface area contributed by atoms with Gasteiger partial charge in [0.05, 0.1) is 12.0 Å². The zero-order valence-electron chi connectivity index (χ0n) is 13.7. The second-order valence-corrected chi connectivity index (χ2v) is 5.11. The predicted molar refractivity (Wildman–Crippen MR) is 88.2 cm³/mol. The van der Waals surface area contributed by atoms with E-state index in [0.29, 0.717) is 11.3 Å². The Balaban J connectivity index is 1.91. The Kier molecular flexibility index (Phi) is 6.20. The molecular formula is C17H15FN2O6. The van der Waals surface area contributed by atoms with E-state index >= 15 is 0 Å². The molecule has 136 valence electrons. The van der Waals surface area contributed by atoms with Crippen LogP contribution in [0.5, 0.6) is 5.75 Å². The fourth-order valence-corrected chi connectivity index (χ4v) is 2.08. The highest BCUT2D eigenvalue weighted by Gasteiger charge is 2.14. The number of amides is 1. The molecule has 0 radical (unpaired) electrons. The Morgan fingerprint density at radius 3 is 2.65 bits per heavy atom. The van der Waals surface area contributed by atoms with Gasteiger partial charge >= 0.3 is 5.97 Å². The van der Waals surface area contributed by atoms with E-state index in [-0.39, 0.29) is 17.9 Å². The first-order valence-corrected chi connectivity index (χ1v) is 7.41. The summed E-state index contributed by atoms with van der Waals surface area (Å²) < 4.78 is 23.1. The highest BCUT2D eigenvalue weighted by molar-refractivity contribution is 5.95. The summed E-state index contributed by atoms with van der Waals surface area (Å²) in [5.74, 6) is -1.64. The summed E-state index contributed by atoms with van der Waals surface area (Å²) in [6, 6.07) is 8.90. The third-order valence-corrected chi connectivity index (χ3v) is 3.34. The van der Waals surface area contributed by atoms with Crippen molar-refractivity contribution in [2.75, 3.05) is 13.7 Å².